The van der Waals surface area contributed by atoms with Gasteiger partial charge < -0.3 is 20.1 Å². The van der Waals surface area contributed by atoms with Crippen molar-refractivity contribution in [3.05, 3.63) is 112 Å². The molecular weight excluding hydrogens is 734 g/mol. The molecule has 4 aromatic rings. The lowest BCUT2D eigenvalue weighted by Crippen LogP contribution is -2.48. The third-order valence-corrected chi connectivity index (χ3v) is 11.2. The minimum atomic E-state index is -4.03. The van der Waals surface area contributed by atoms with E-state index in [0.717, 1.165) is 67.0 Å². The molecule has 0 spiro atoms. The molecule has 13 heteroatoms. The Hall–Kier alpha value is -4.04. The summed E-state index contributed by atoms with van der Waals surface area (Å²) < 4.78 is 43.5. The van der Waals surface area contributed by atoms with Gasteiger partial charge in [-0.3, -0.25) is 14.3 Å². The van der Waals surface area contributed by atoms with Gasteiger partial charge in [-0.15, -0.1) is 0 Å². The van der Waals surface area contributed by atoms with Crippen molar-refractivity contribution < 1.29 is 27.5 Å². The molecule has 6 rings (SSSR count). The van der Waals surface area contributed by atoms with Gasteiger partial charge in [0.05, 0.1) is 42.4 Å². The number of ether oxygens (including phenoxy) is 2. The highest BCUT2D eigenvalue weighted by Gasteiger charge is 2.31. The molecule has 11 nitrogen and oxygen atoms in total. The molecular formula is C38H44BrN5O6S. The molecule has 0 unspecified atom stereocenters. The van der Waals surface area contributed by atoms with E-state index in [1.54, 1.807) is 12.1 Å². The number of carbonyl (C=O) groups is 2. The molecule has 4 atom stereocenters. The van der Waals surface area contributed by atoms with Gasteiger partial charge in [0.15, 0.2) is 5.82 Å². The fourth-order valence-corrected chi connectivity index (χ4v) is 7.94. The smallest absolute Gasteiger partial charge is 0.269 e. The Labute approximate surface area is 307 Å². The maximum absolute atomic E-state index is 13.9. The van der Waals surface area contributed by atoms with Crippen LogP contribution >= 0.6 is 15.9 Å². The number of halogens is 1. The fourth-order valence-electron chi connectivity index (χ4n) is 6.69. The number of sulfonamides is 1. The van der Waals surface area contributed by atoms with E-state index >= 15 is 0 Å². The van der Waals surface area contributed by atoms with Crippen LogP contribution in [-0.4, -0.2) is 54.3 Å². The minimum Gasteiger partial charge on any atom is -0.371 e. The SMILES string of the molecule is O=C(Cn1nc(NS(=O)(=O)c2ccc(Br)cc2)cc1C(=O)N[C@H]1CCCC[C@@H]1OCc1ccccc1)N[C@H]1CCCC[C@@H]1OCc1ccccc1. The number of amides is 2. The maximum Gasteiger partial charge on any atom is 0.269 e. The van der Waals surface area contributed by atoms with Crippen molar-refractivity contribution in [2.75, 3.05) is 4.72 Å². The van der Waals surface area contributed by atoms with Crippen molar-refractivity contribution >= 4 is 43.6 Å². The van der Waals surface area contributed by atoms with Crippen molar-refractivity contribution in [1.82, 2.24) is 20.4 Å². The standard InChI is InChI=1S/C38H44BrN5O6S/c39-29-19-21-30(22-20-29)51(47,48)43-36-23-33(38(46)41-32-16-8-10-18-35(32)50-26-28-13-5-2-6-14-28)44(42-36)24-37(45)40-31-15-7-9-17-34(31)49-25-27-11-3-1-4-12-27/h1-6,11-14,19-23,31-32,34-35H,7-10,15-18,24-26H2,(H,40,45)(H,41,46)(H,42,43)/t31-,32-,34-,35-/m0/s1. The minimum absolute atomic E-state index is 0.0310. The summed E-state index contributed by atoms with van der Waals surface area (Å²) in [6, 6.07) is 26.9. The van der Waals surface area contributed by atoms with Gasteiger partial charge in [-0.05, 0) is 61.1 Å². The van der Waals surface area contributed by atoms with Gasteiger partial charge in [0.1, 0.15) is 12.2 Å². The third-order valence-electron chi connectivity index (χ3n) is 9.35. The van der Waals surface area contributed by atoms with E-state index in [1.807, 2.05) is 60.7 Å². The topological polar surface area (TPSA) is 141 Å². The van der Waals surface area contributed by atoms with Crippen molar-refractivity contribution in [1.29, 1.82) is 0 Å². The van der Waals surface area contributed by atoms with Gasteiger partial charge in [-0.2, -0.15) is 5.10 Å². The van der Waals surface area contributed by atoms with E-state index < -0.39 is 15.9 Å². The highest BCUT2D eigenvalue weighted by molar-refractivity contribution is 9.10. The Morgan fingerprint density at radius 3 is 1.84 bits per heavy atom. The zero-order valence-corrected chi connectivity index (χ0v) is 30.8. The first kappa shape index (κ1) is 36.7. The normalized spacial score (nSPS) is 20.7. The number of rotatable bonds is 14. The summed E-state index contributed by atoms with van der Waals surface area (Å²) in [6.45, 7) is 0.582. The van der Waals surface area contributed by atoms with Gasteiger partial charge in [-0.25, -0.2) is 13.1 Å². The van der Waals surface area contributed by atoms with Gasteiger partial charge in [0.25, 0.3) is 15.9 Å². The summed E-state index contributed by atoms with van der Waals surface area (Å²) in [5.74, 6) is -0.888. The Morgan fingerprint density at radius 2 is 1.27 bits per heavy atom. The zero-order chi connectivity index (χ0) is 35.6. The summed E-state index contributed by atoms with van der Waals surface area (Å²) >= 11 is 3.33. The van der Waals surface area contributed by atoms with E-state index in [1.165, 1.54) is 22.9 Å². The van der Waals surface area contributed by atoms with Crippen LogP contribution in [0.25, 0.3) is 0 Å². The maximum atomic E-state index is 13.9. The second kappa shape index (κ2) is 17.5. The van der Waals surface area contributed by atoms with Crippen LogP contribution in [0.15, 0.2) is 100 Å². The second-order valence-corrected chi connectivity index (χ2v) is 15.7. The van der Waals surface area contributed by atoms with Crippen LogP contribution < -0.4 is 15.4 Å². The molecule has 2 aliphatic carbocycles. The van der Waals surface area contributed by atoms with Crippen LogP contribution in [0.3, 0.4) is 0 Å². The van der Waals surface area contributed by atoms with E-state index in [9.17, 15) is 18.0 Å². The van der Waals surface area contributed by atoms with Gasteiger partial charge in [0.2, 0.25) is 5.91 Å². The van der Waals surface area contributed by atoms with E-state index in [2.05, 4.69) is 36.4 Å². The van der Waals surface area contributed by atoms with Crippen molar-refractivity contribution in [3.63, 3.8) is 0 Å². The summed E-state index contributed by atoms with van der Waals surface area (Å²) in [5.41, 5.74) is 2.17. The molecule has 1 heterocycles. The Kier molecular flexibility index (Phi) is 12.6. The first-order valence-electron chi connectivity index (χ1n) is 17.5. The van der Waals surface area contributed by atoms with E-state index in [-0.39, 0.29) is 53.2 Å². The first-order valence-corrected chi connectivity index (χ1v) is 19.8. The molecule has 3 aromatic carbocycles. The lowest BCUT2D eigenvalue weighted by atomic mass is 9.92. The average Bonchev–Trinajstić information content (AvgIpc) is 3.52. The van der Waals surface area contributed by atoms with Crippen LogP contribution in [0.4, 0.5) is 5.82 Å². The molecule has 0 saturated heterocycles. The molecule has 0 radical (unpaired) electrons. The summed E-state index contributed by atoms with van der Waals surface area (Å²) in [7, 11) is -4.03. The van der Waals surface area contributed by atoms with Gasteiger partial charge >= 0.3 is 0 Å². The molecule has 2 aliphatic rings. The van der Waals surface area contributed by atoms with Crippen LogP contribution in [0.5, 0.6) is 0 Å². The largest absolute Gasteiger partial charge is 0.371 e. The quantitative estimate of drug-likeness (QED) is 0.136. The lowest BCUT2D eigenvalue weighted by Gasteiger charge is -2.32. The number of nitrogens with one attached hydrogen (secondary N) is 3. The predicted molar refractivity (Wildman–Crippen MR) is 197 cm³/mol. The molecule has 2 amide bonds. The number of carbonyl (C=O) groups excluding carboxylic acids is 2. The molecule has 3 N–H and O–H groups in total. The molecule has 0 aliphatic heterocycles. The summed E-state index contributed by atoms with van der Waals surface area (Å²) in [6.07, 6.45) is 6.66. The monoisotopic (exact) mass is 777 g/mol. The molecule has 2 saturated carbocycles. The molecule has 51 heavy (non-hydrogen) atoms. The lowest BCUT2D eigenvalue weighted by molar-refractivity contribution is -0.124. The van der Waals surface area contributed by atoms with Crippen LogP contribution in [0.2, 0.25) is 0 Å². The Bertz CT molecular complexity index is 1860. The van der Waals surface area contributed by atoms with Crippen LogP contribution in [0.1, 0.15) is 73.0 Å². The predicted octanol–water partition coefficient (Wildman–Crippen LogP) is 6.35. The van der Waals surface area contributed by atoms with Crippen LogP contribution in [-0.2, 0) is 44.1 Å². The summed E-state index contributed by atoms with van der Waals surface area (Å²) in [4.78, 5) is 27.5. The Morgan fingerprint density at radius 1 is 0.745 bits per heavy atom. The number of aromatic nitrogens is 2. The zero-order valence-electron chi connectivity index (χ0n) is 28.4. The number of anilines is 1. The van der Waals surface area contributed by atoms with Crippen molar-refractivity contribution in [3.8, 4) is 0 Å². The molecule has 0 bridgehead atoms. The Balaban J connectivity index is 1.18. The highest BCUT2D eigenvalue weighted by Crippen LogP contribution is 2.25. The van der Waals surface area contributed by atoms with Gasteiger partial charge in [0, 0.05) is 10.5 Å². The van der Waals surface area contributed by atoms with Gasteiger partial charge in [-0.1, -0.05) is 102 Å². The fraction of sp³-hybridized carbons (Fsp3) is 0.395. The number of hydrogen-bond acceptors (Lipinski definition) is 7. The molecule has 1 aromatic heterocycles. The van der Waals surface area contributed by atoms with Crippen molar-refractivity contribution in [2.24, 2.45) is 0 Å². The summed E-state index contributed by atoms with van der Waals surface area (Å²) in [5, 5.41) is 10.6. The number of nitrogens with zero attached hydrogens (tertiary/aromatic N) is 2. The third kappa shape index (κ3) is 10.3. The number of hydrogen-bond donors (Lipinski definition) is 3. The average molecular weight is 779 g/mol. The van der Waals surface area contributed by atoms with E-state index in [0.29, 0.717) is 13.2 Å². The highest BCUT2D eigenvalue weighted by atomic mass is 79.9. The molecule has 2 fully saturated rings. The first-order chi connectivity index (χ1) is 24.7. The second-order valence-electron chi connectivity index (χ2n) is 13.1. The number of benzene rings is 3. The van der Waals surface area contributed by atoms with E-state index in [4.69, 9.17) is 9.47 Å². The van der Waals surface area contributed by atoms with Crippen LogP contribution in [0, 0.1) is 0 Å². The van der Waals surface area contributed by atoms with Crippen molar-refractivity contribution in [2.45, 2.75) is 100 Å². The molecule has 270 valence electrons.